The van der Waals surface area contributed by atoms with Crippen molar-refractivity contribution >= 4 is 29.1 Å². The van der Waals surface area contributed by atoms with Gasteiger partial charge in [-0.1, -0.05) is 19.1 Å². The maximum atomic E-state index is 12.8. The van der Waals surface area contributed by atoms with Crippen LogP contribution in [-0.4, -0.2) is 23.8 Å². The van der Waals surface area contributed by atoms with Gasteiger partial charge in [0.05, 0.1) is 22.9 Å². The van der Waals surface area contributed by atoms with Crippen LogP contribution in [0.3, 0.4) is 0 Å². The van der Waals surface area contributed by atoms with Crippen LogP contribution in [0.5, 0.6) is 5.75 Å². The van der Waals surface area contributed by atoms with E-state index in [0.717, 1.165) is 11.3 Å². The highest BCUT2D eigenvalue weighted by atomic mass is 16.5. The summed E-state index contributed by atoms with van der Waals surface area (Å²) in [5.41, 5.74) is 1.67. The van der Waals surface area contributed by atoms with Crippen LogP contribution in [0, 0.1) is 0 Å². The minimum absolute atomic E-state index is 0.0959. The van der Waals surface area contributed by atoms with Gasteiger partial charge in [-0.2, -0.15) is 0 Å². The molecule has 0 saturated carbocycles. The number of carbonyl (C=O) groups excluding carboxylic acids is 3. The summed E-state index contributed by atoms with van der Waals surface area (Å²) in [6, 6.07) is 11.7. The molecule has 6 heteroatoms. The average Bonchev–Trinajstić information content (AvgIpc) is 2.87. The first kappa shape index (κ1) is 18.6. The third-order valence-corrected chi connectivity index (χ3v) is 4.12. The zero-order chi connectivity index (χ0) is 19.6. The van der Waals surface area contributed by atoms with Crippen molar-refractivity contribution in [3.05, 3.63) is 53.6 Å². The Kier molecular flexibility index (Phi) is 5.26. The van der Waals surface area contributed by atoms with Crippen LogP contribution in [0.4, 0.5) is 11.4 Å². The molecule has 3 rings (SSSR count). The summed E-state index contributed by atoms with van der Waals surface area (Å²) < 4.78 is 5.84. The van der Waals surface area contributed by atoms with E-state index in [4.69, 9.17) is 4.74 Å². The summed E-state index contributed by atoms with van der Waals surface area (Å²) in [6.07, 6.45) is 0.995. The van der Waals surface area contributed by atoms with Crippen LogP contribution in [0.15, 0.2) is 42.5 Å². The smallest absolute Gasteiger partial charge is 0.266 e. The van der Waals surface area contributed by atoms with Gasteiger partial charge in [0, 0.05) is 18.2 Å². The van der Waals surface area contributed by atoms with E-state index in [-0.39, 0.29) is 23.8 Å². The van der Waals surface area contributed by atoms with Crippen LogP contribution in [0.25, 0.3) is 0 Å². The number of hydrogen-bond acceptors (Lipinski definition) is 4. The minimum Gasteiger partial charge on any atom is -0.489 e. The zero-order valence-electron chi connectivity index (χ0n) is 15.6. The summed E-state index contributed by atoms with van der Waals surface area (Å²) in [6.45, 7) is 5.64. The molecule has 0 unspecified atom stereocenters. The first-order valence-corrected chi connectivity index (χ1v) is 9.00. The number of hydrogen-bond donors (Lipinski definition) is 1. The highest BCUT2D eigenvalue weighted by Gasteiger charge is 2.37. The molecule has 0 atom stereocenters. The molecule has 1 aliphatic rings. The SMILES string of the molecule is CCCC(=O)Nc1ccc(N2C(=O)c3ccccc3C2=O)c(OC(C)C)c1. The van der Waals surface area contributed by atoms with E-state index >= 15 is 0 Å². The Morgan fingerprint density at radius 3 is 2.26 bits per heavy atom. The molecular formula is C21H22N2O4. The number of nitrogens with zero attached hydrogens (tertiary/aromatic N) is 1. The maximum absolute atomic E-state index is 12.8. The molecule has 6 nitrogen and oxygen atoms in total. The molecule has 2 aromatic rings. The van der Waals surface area contributed by atoms with Crippen molar-refractivity contribution in [1.29, 1.82) is 0 Å². The van der Waals surface area contributed by atoms with E-state index in [1.165, 1.54) is 0 Å². The lowest BCUT2D eigenvalue weighted by Crippen LogP contribution is -2.30. The Hall–Kier alpha value is -3.15. The van der Waals surface area contributed by atoms with Gasteiger partial charge in [-0.05, 0) is 44.5 Å². The second-order valence-corrected chi connectivity index (χ2v) is 6.64. The van der Waals surface area contributed by atoms with Crippen LogP contribution >= 0.6 is 0 Å². The minimum atomic E-state index is -0.382. The van der Waals surface area contributed by atoms with Gasteiger partial charge in [0.25, 0.3) is 11.8 Å². The average molecular weight is 366 g/mol. The summed E-state index contributed by atoms with van der Waals surface area (Å²) in [5, 5.41) is 2.81. The standard InChI is InChI=1S/C21H22N2O4/c1-4-7-19(24)22-14-10-11-17(18(12-14)27-13(2)3)23-20(25)15-8-5-6-9-16(15)21(23)26/h5-6,8-13H,4,7H2,1-3H3,(H,22,24). The summed E-state index contributed by atoms with van der Waals surface area (Å²) >= 11 is 0. The fourth-order valence-corrected chi connectivity index (χ4v) is 2.98. The van der Waals surface area contributed by atoms with E-state index in [2.05, 4.69) is 5.32 Å². The quantitative estimate of drug-likeness (QED) is 0.784. The van der Waals surface area contributed by atoms with Crippen molar-refractivity contribution in [3.63, 3.8) is 0 Å². The van der Waals surface area contributed by atoms with Gasteiger partial charge in [0.1, 0.15) is 5.75 Å². The van der Waals surface area contributed by atoms with Crippen molar-refractivity contribution in [2.24, 2.45) is 0 Å². The lowest BCUT2D eigenvalue weighted by atomic mass is 10.1. The molecule has 27 heavy (non-hydrogen) atoms. The molecule has 2 aromatic carbocycles. The van der Waals surface area contributed by atoms with Crippen LogP contribution in [-0.2, 0) is 4.79 Å². The number of benzene rings is 2. The number of nitrogens with one attached hydrogen (secondary N) is 1. The molecule has 0 bridgehead atoms. The summed E-state index contributed by atoms with van der Waals surface area (Å²) in [5.74, 6) is -0.491. The number of imide groups is 1. The van der Waals surface area contributed by atoms with E-state index in [9.17, 15) is 14.4 Å². The first-order chi connectivity index (χ1) is 12.9. The molecule has 0 spiro atoms. The highest BCUT2D eigenvalue weighted by Crippen LogP contribution is 2.37. The van der Waals surface area contributed by atoms with E-state index in [1.54, 1.807) is 42.5 Å². The Bertz CT molecular complexity index is 870. The van der Waals surface area contributed by atoms with Crippen LogP contribution in [0.2, 0.25) is 0 Å². The molecule has 1 N–H and O–H groups in total. The predicted molar refractivity (Wildman–Crippen MR) is 103 cm³/mol. The van der Waals surface area contributed by atoms with Gasteiger partial charge in [0.2, 0.25) is 5.91 Å². The molecule has 0 fully saturated rings. The van der Waals surface area contributed by atoms with Crippen molar-refractivity contribution in [3.8, 4) is 5.75 Å². The first-order valence-electron chi connectivity index (χ1n) is 9.00. The number of carbonyl (C=O) groups is 3. The monoisotopic (exact) mass is 366 g/mol. The Morgan fingerprint density at radius 2 is 1.70 bits per heavy atom. The topological polar surface area (TPSA) is 75.7 Å². The third-order valence-electron chi connectivity index (χ3n) is 4.12. The van der Waals surface area contributed by atoms with Crippen molar-refractivity contribution in [1.82, 2.24) is 0 Å². The van der Waals surface area contributed by atoms with Crippen LogP contribution in [0.1, 0.15) is 54.3 Å². The normalized spacial score (nSPS) is 13.1. The zero-order valence-corrected chi connectivity index (χ0v) is 15.6. The fraction of sp³-hybridized carbons (Fsp3) is 0.286. The molecule has 0 radical (unpaired) electrons. The van der Waals surface area contributed by atoms with Gasteiger partial charge in [0.15, 0.2) is 0 Å². The van der Waals surface area contributed by atoms with Crippen molar-refractivity contribution < 1.29 is 19.1 Å². The fourth-order valence-electron chi connectivity index (χ4n) is 2.98. The third kappa shape index (κ3) is 3.69. The largest absolute Gasteiger partial charge is 0.489 e. The number of anilines is 2. The molecule has 0 aromatic heterocycles. The van der Waals surface area contributed by atoms with E-state index < -0.39 is 0 Å². The Labute approximate surface area is 158 Å². The molecule has 3 amide bonds. The molecule has 140 valence electrons. The molecule has 1 heterocycles. The van der Waals surface area contributed by atoms with Crippen LogP contribution < -0.4 is 15.0 Å². The van der Waals surface area contributed by atoms with Gasteiger partial charge in [-0.15, -0.1) is 0 Å². The molecule has 1 aliphatic heterocycles. The van der Waals surface area contributed by atoms with Gasteiger partial charge < -0.3 is 10.1 Å². The number of rotatable bonds is 6. The summed E-state index contributed by atoms with van der Waals surface area (Å²) in [4.78, 5) is 38.5. The Balaban J connectivity index is 1.99. The highest BCUT2D eigenvalue weighted by molar-refractivity contribution is 6.34. The maximum Gasteiger partial charge on any atom is 0.266 e. The molecule has 0 aliphatic carbocycles. The van der Waals surface area contributed by atoms with Crippen molar-refractivity contribution in [2.75, 3.05) is 10.2 Å². The van der Waals surface area contributed by atoms with Gasteiger partial charge in [-0.25, -0.2) is 4.90 Å². The van der Waals surface area contributed by atoms with Crippen molar-refractivity contribution in [2.45, 2.75) is 39.7 Å². The van der Waals surface area contributed by atoms with Gasteiger partial charge >= 0.3 is 0 Å². The number of amides is 3. The number of fused-ring (bicyclic) bond motifs is 1. The molecular weight excluding hydrogens is 344 g/mol. The van der Waals surface area contributed by atoms with E-state index in [0.29, 0.717) is 34.7 Å². The predicted octanol–water partition coefficient (Wildman–Crippen LogP) is 4.01. The Morgan fingerprint density at radius 1 is 1.07 bits per heavy atom. The summed E-state index contributed by atoms with van der Waals surface area (Å²) in [7, 11) is 0. The second-order valence-electron chi connectivity index (χ2n) is 6.64. The number of ether oxygens (including phenoxy) is 1. The second kappa shape index (κ2) is 7.61. The van der Waals surface area contributed by atoms with E-state index in [1.807, 2.05) is 20.8 Å². The lowest BCUT2D eigenvalue weighted by Gasteiger charge is -2.21. The lowest BCUT2D eigenvalue weighted by molar-refractivity contribution is -0.116. The van der Waals surface area contributed by atoms with Gasteiger partial charge in [-0.3, -0.25) is 14.4 Å². The molecule has 0 saturated heterocycles.